The van der Waals surface area contributed by atoms with Gasteiger partial charge in [0.05, 0.1) is 22.6 Å². The fourth-order valence-electron chi connectivity index (χ4n) is 3.30. The number of carbonyl (C=O) groups excluding carboxylic acids is 1. The van der Waals surface area contributed by atoms with E-state index in [1.165, 1.54) is 19.2 Å². The van der Waals surface area contributed by atoms with Gasteiger partial charge in [-0.15, -0.1) is 0 Å². The standard InChI is InChI=1S/C19H20ClN3O4/c1-27-19(24)15-10-18(23(25)26)17(11-16(15)20)22-9-5-8-14(12-22)21-13-6-3-2-4-7-13/h2-4,6-7,10-11,14,21H,5,8-9,12H2,1H3. The van der Waals surface area contributed by atoms with E-state index >= 15 is 0 Å². The van der Waals surface area contributed by atoms with Crippen molar-refractivity contribution >= 4 is 34.6 Å². The summed E-state index contributed by atoms with van der Waals surface area (Å²) in [5.41, 5.74) is 1.26. The fourth-order valence-corrected chi connectivity index (χ4v) is 3.54. The van der Waals surface area contributed by atoms with Gasteiger partial charge in [-0.25, -0.2) is 4.79 Å². The van der Waals surface area contributed by atoms with E-state index in [-0.39, 0.29) is 22.3 Å². The number of hydrogen-bond acceptors (Lipinski definition) is 6. The molecule has 2 aromatic rings. The average molecular weight is 390 g/mol. The van der Waals surface area contributed by atoms with Gasteiger partial charge in [0.2, 0.25) is 0 Å². The Morgan fingerprint density at radius 1 is 1.33 bits per heavy atom. The number of halogens is 1. The van der Waals surface area contributed by atoms with Gasteiger partial charge in [0.25, 0.3) is 5.69 Å². The number of nitro benzene ring substituents is 1. The third-order valence-electron chi connectivity index (χ3n) is 4.57. The molecule has 3 rings (SSSR count). The molecule has 0 amide bonds. The molecule has 2 aromatic carbocycles. The minimum Gasteiger partial charge on any atom is -0.465 e. The van der Waals surface area contributed by atoms with Gasteiger partial charge in [-0.3, -0.25) is 10.1 Å². The second-order valence-electron chi connectivity index (χ2n) is 6.36. The number of carbonyl (C=O) groups is 1. The first-order chi connectivity index (χ1) is 13.0. The van der Waals surface area contributed by atoms with Crippen LogP contribution in [0.25, 0.3) is 0 Å². The van der Waals surface area contributed by atoms with Crippen LogP contribution in [0.15, 0.2) is 42.5 Å². The predicted octanol–water partition coefficient (Wildman–Crippen LogP) is 4.12. The maximum Gasteiger partial charge on any atom is 0.339 e. The molecule has 1 aliphatic heterocycles. The molecule has 1 aliphatic rings. The molecule has 8 heteroatoms. The summed E-state index contributed by atoms with van der Waals surface area (Å²) in [5.74, 6) is -0.697. The number of hydrogen-bond donors (Lipinski definition) is 1. The monoisotopic (exact) mass is 389 g/mol. The second kappa shape index (κ2) is 8.26. The Morgan fingerprint density at radius 2 is 2.07 bits per heavy atom. The van der Waals surface area contributed by atoms with Crippen LogP contribution in [-0.4, -0.2) is 37.1 Å². The highest BCUT2D eigenvalue weighted by Crippen LogP contribution is 2.36. The fraction of sp³-hybridized carbons (Fsp3) is 0.316. The SMILES string of the molecule is COC(=O)c1cc([N+](=O)[O-])c(N2CCCC(Nc3ccccc3)C2)cc1Cl. The van der Waals surface area contributed by atoms with Gasteiger partial charge in [-0.05, 0) is 31.0 Å². The first-order valence-electron chi connectivity index (χ1n) is 8.62. The topological polar surface area (TPSA) is 84.7 Å². The van der Waals surface area contributed by atoms with Crippen molar-refractivity contribution in [1.29, 1.82) is 0 Å². The van der Waals surface area contributed by atoms with Gasteiger partial charge >= 0.3 is 5.97 Å². The van der Waals surface area contributed by atoms with E-state index in [9.17, 15) is 14.9 Å². The number of nitro groups is 1. The third-order valence-corrected chi connectivity index (χ3v) is 4.89. The Balaban J connectivity index is 1.87. The Morgan fingerprint density at radius 3 is 2.74 bits per heavy atom. The number of ether oxygens (including phenoxy) is 1. The summed E-state index contributed by atoms with van der Waals surface area (Å²) in [6.45, 7) is 1.28. The van der Waals surface area contributed by atoms with Crippen LogP contribution in [0.5, 0.6) is 0 Å². The maximum atomic E-state index is 11.8. The van der Waals surface area contributed by atoms with Crippen LogP contribution >= 0.6 is 11.6 Å². The number of esters is 1. The summed E-state index contributed by atoms with van der Waals surface area (Å²) in [6.07, 6.45) is 1.85. The van der Waals surface area contributed by atoms with E-state index in [1.807, 2.05) is 35.2 Å². The van der Waals surface area contributed by atoms with Gasteiger partial charge in [0, 0.05) is 30.9 Å². The number of nitrogens with one attached hydrogen (secondary N) is 1. The molecule has 0 radical (unpaired) electrons. The van der Waals surface area contributed by atoms with Gasteiger partial charge in [0.15, 0.2) is 0 Å². The molecule has 0 aliphatic carbocycles. The summed E-state index contributed by atoms with van der Waals surface area (Å²) in [7, 11) is 1.21. The van der Waals surface area contributed by atoms with Crippen molar-refractivity contribution in [2.24, 2.45) is 0 Å². The molecule has 1 N–H and O–H groups in total. The molecular weight excluding hydrogens is 370 g/mol. The molecule has 1 unspecified atom stereocenters. The molecule has 0 aromatic heterocycles. The van der Waals surface area contributed by atoms with E-state index in [2.05, 4.69) is 10.1 Å². The maximum absolute atomic E-state index is 11.8. The van der Waals surface area contributed by atoms with Crippen LogP contribution in [0.1, 0.15) is 23.2 Å². The van der Waals surface area contributed by atoms with E-state index in [0.29, 0.717) is 18.8 Å². The smallest absolute Gasteiger partial charge is 0.339 e. The molecule has 27 heavy (non-hydrogen) atoms. The lowest BCUT2D eigenvalue weighted by molar-refractivity contribution is -0.384. The minimum absolute atomic E-state index is 0.00872. The van der Waals surface area contributed by atoms with Crippen molar-refractivity contribution in [2.45, 2.75) is 18.9 Å². The van der Waals surface area contributed by atoms with Gasteiger partial charge in [-0.1, -0.05) is 29.8 Å². The van der Waals surface area contributed by atoms with Gasteiger partial charge < -0.3 is 15.0 Å². The number of nitrogens with zero attached hydrogens (tertiary/aromatic N) is 2. The van der Waals surface area contributed by atoms with Crippen molar-refractivity contribution in [1.82, 2.24) is 0 Å². The Hall–Kier alpha value is -2.80. The van der Waals surface area contributed by atoms with Gasteiger partial charge in [0.1, 0.15) is 5.69 Å². The molecular formula is C19H20ClN3O4. The zero-order valence-electron chi connectivity index (χ0n) is 14.9. The van der Waals surface area contributed by atoms with Crippen molar-refractivity contribution in [2.75, 3.05) is 30.4 Å². The van der Waals surface area contributed by atoms with Crippen LogP contribution in [0.3, 0.4) is 0 Å². The summed E-state index contributed by atoms with van der Waals surface area (Å²) in [6, 6.07) is 12.7. The highest BCUT2D eigenvalue weighted by atomic mass is 35.5. The Labute approximate surface area is 162 Å². The molecule has 1 atom stereocenters. The zero-order chi connectivity index (χ0) is 19.4. The molecule has 142 valence electrons. The molecule has 1 fully saturated rings. The Kier molecular flexibility index (Phi) is 5.81. The molecule has 1 saturated heterocycles. The lowest BCUT2D eigenvalue weighted by Crippen LogP contribution is -2.42. The third kappa shape index (κ3) is 4.31. The first kappa shape index (κ1) is 19.0. The van der Waals surface area contributed by atoms with E-state index in [4.69, 9.17) is 11.6 Å². The number of methoxy groups -OCH3 is 1. The molecule has 1 heterocycles. The van der Waals surface area contributed by atoms with Crippen LogP contribution in [0.4, 0.5) is 17.1 Å². The zero-order valence-corrected chi connectivity index (χ0v) is 15.6. The lowest BCUT2D eigenvalue weighted by atomic mass is 10.0. The van der Waals surface area contributed by atoms with Crippen molar-refractivity contribution in [3.63, 3.8) is 0 Å². The normalized spacial score (nSPS) is 16.7. The summed E-state index contributed by atoms with van der Waals surface area (Å²) in [5, 5.41) is 15.2. The van der Waals surface area contributed by atoms with E-state index in [1.54, 1.807) is 0 Å². The summed E-state index contributed by atoms with van der Waals surface area (Å²) in [4.78, 5) is 24.8. The number of benzene rings is 2. The van der Waals surface area contributed by atoms with E-state index < -0.39 is 10.9 Å². The largest absolute Gasteiger partial charge is 0.465 e. The predicted molar refractivity (Wildman–Crippen MR) is 105 cm³/mol. The number of piperidine rings is 1. The number of anilines is 2. The van der Waals surface area contributed by atoms with E-state index in [0.717, 1.165) is 18.5 Å². The lowest BCUT2D eigenvalue weighted by Gasteiger charge is -2.35. The average Bonchev–Trinajstić information content (AvgIpc) is 2.68. The first-order valence-corrected chi connectivity index (χ1v) is 9.00. The molecule has 0 spiro atoms. The van der Waals surface area contributed by atoms with Crippen molar-refractivity contribution in [3.8, 4) is 0 Å². The van der Waals surface area contributed by atoms with Crippen LogP contribution in [-0.2, 0) is 4.74 Å². The van der Waals surface area contributed by atoms with Crippen LogP contribution in [0.2, 0.25) is 5.02 Å². The van der Waals surface area contributed by atoms with Crippen LogP contribution < -0.4 is 10.2 Å². The minimum atomic E-state index is -0.697. The number of rotatable bonds is 5. The summed E-state index contributed by atoms with van der Waals surface area (Å²) >= 11 is 6.20. The second-order valence-corrected chi connectivity index (χ2v) is 6.77. The highest BCUT2D eigenvalue weighted by Gasteiger charge is 2.28. The molecule has 7 nitrogen and oxygen atoms in total. The molecule has 0 saturated carbocycles. The highest BCUT2D eigenvalue weighted by molar-refractivity contribution is 6.34. The van der Waals surface area contributed by atoms with Crippen LogP contribution in [0, 0.1) is 10.1 Å². The van der Waals surface area contributed by atoms with Gasteiger partial charge in [-0.2, -0.15) is 0 Å². The van der Waals surface area contributed by atoms with Crippen molar-refractivity contribution < 1.29 is 14.5 Å². The quantitative estimate of drug-likeness (QED) is 0.470. The Bertz CT molecular complexity index is 844. The van der Waals surface area contributed by atoms with Crippen molar-refractivity contribution in [3.05, 3.63) is 63.2 Å². The molecule has 0 bridgehead atoms. The summed E-state index contributed by atoms with van der Waals surface area (Å²) < 4.78 is 4.65. The number of para-hydroxylation sites is 1.